The first-order chi connectivity index (χ1) is 9.36. The highest BCUT2D eigenvalue weighted by atomic mass is 19.1. The third kappa shape index (κ3) is 3.78. The predicted octanol–water partition coefficient (Wildman–Crippen LogP) is 2.38. The summed E-state index contributed by atoms with van der Waals surface area (Å²) in [6.07, 6.45) is 1.31. The number of nitrogens with one attached hydrogen (secondary N) is 1. The summed E-state index contributed by atoms with van der Waals surface area (Å²) in [5.74, 6) is -3.07. The molecule has 0 aliphatic heterocycles. The maximum Gasteiger partial charge on any atom is 0.323 e. The molecule has 0 aliphatic carbocycles. The van der Waals surface area contributed by atoms with Crippen molar-refractivity contribution in [2.45, 2.75) is 6.92 Å². The molecular weight excluding hydrogens is 270 g/mol. The Bertz CT molecular complexity index is 547. The number of carbonyl (C=O) groups is 2. The van der Waals surface area contributed by atoms with E-state index in [1.54, 1.807) is 0 Å². The Kier molecular flexibility index (Phi) is 5.19. The Morgan fingerprint density at radius 1 is 1.45 bits per heavy atom. The number of anilines is 1. The second kappa shape index (κ2) is 6.65. The van der Waals surface area contributed by atoms with Crippen LogP contribution in [0.3, 0.4) is 0 Å². The Morgan fingerprint density at radius 3 is 2.65 bits per heavy atom. The highest BCUT2D eigenvalue weighted by molar-refractivity contribution is 5.91. The highest BCUT2D eigenvalue weighted by Gasteiger charge is 2.19. The van der Waals surface area contributed by atoms with Gasteiger partial charge in [0.1, 0.15) is 18.0 Å². The molecule has 2 amide bonds. The van der Waals surface area contributed by atoms with Gasteiger partial charge in [0.25, 0.3) is 0 Å². The quantitative estimate of drug-likeness (QED) is 0.816. The molecule has 0 aliphatic rings. The van der Waals surface area contributed by atoms with Crippen LogP contribution in [-0.4, -0.2) is 35.1 Å². The number of carboxylic acid groups (broad SMARTS) is 1. The largest absolute Gasteiger partial charge is 0.480 e. The molecule has 0 spiro atoms. The number of hydrogen-bond acceptors (Lipinski definition) is 2. The van der Waals surface area contributed by atoms with Gasteiger partial charge in [-0.15, -0.1) is 6.58 Å². The molecule has 20 heavy (non-hydrogen) atoms. The summed E-state index contributed by atoms with van der Waals surface area (Å²) < 4.78 is 27.2. The summed E-state index contributed by atoms with van der Waals surface area (Å²) in [6.45, 7) is 4.14. The lowest BCUT2D eigenvalue weighted by Gasteiger charge is -2.20. The fraction of sp³-hybridized carbons (Fsp3) is 0.231. The fourth-order valence-corrected chi connectivity index (χ4v) is 1.50. The van der Waals surface area contributed by atoms with Gasteiger partial charge < -0.3 is 15.3 Å². The molecule has 0 unspecified atom stereocenters. The van der Waals surface area contributed by atoms with E-state index in [1.807, 2.05) is 5.32 Å². The standard InChI is InChI=1S/C13H14F2N2O3/c1-3-6-17(7-10(18)19)13(20)16-12-9(14)5-4-8(2)11(12)15/h3-5H,1,6-7H2,2H3,(H,16,20)(H,18,19). The van der Waals surface area contributed by atoms with Crippen LogP contribution in [0, 0.1) is 18.6 Å². The zero-order valence-electron chi connectivity index (χ0n) is 10.8. The first-order valence-electron chi connectivity index (χ1n) is 5.70. The number of hydrogen-bond donors (Lipinski definition) is 2. The SMILES string of the molecule is C=CCN(CC(=O)O)C(=O)Nc1c(F)ccc(C)c1F. The molecule has 0 saturated carbocycles. The molecule has 0 radical (unpaired) electrons. The van der Waals surface area contributed by atoms with Crippen LogP contribution in [-0.2, 0) is 4.79 Å². The van der Waals surface area contributed by atoms with E-state index in [-0.39, 0.29) is 12.1 Å². The number of amides is 2. The second-order valence-electron chi connectivity index (χ2n) is 4.05. The van der Waals surface area contributed by atoms with E-state index in [2.05, 4.69) is 6.58 Å². The van der Waals surface area contributed by atoms with Crippen molar-refractivity contribution in [2.75, 3.05) is 18.4 Å². The fourth-order valence-electron chi connectivity index (χ4n) is 1.50. The van der Waals surface area contributed by atoms with Crippen molar-refractivity contribution in [3.8, 4) is 0 Å². The van der Waals surface area contributed by atoms with Gasteiger partial charge in [-0.05, 0) is 18.6 Å². The van der Waals surface area contributed by atoms with E-state index >= 15 is 0 Å². The van der Waals surface area contributed by atoms with Gasteiger partial charge in [0.15, 0.2) is 5.82 Å². The Hall–Kier alpha value is -2.44. The lowest BCUT2D eigenvalue weighted by Crippen LogP contribution is -2.39. The number of carbonyl (C=O) groups excluding carboxylic acids is 1. The normalized spacial score (nSPS) is 9.95. The molecular formula is C13H14F2N2O3. The van der Waals surface area contributed by atoms with Gasteiger partial charge in [-0.2, -0.15) is 0 Å². The monoisotopic (exact) mass is 284 g/mol. The number of aliphatic carboxylic acids is 1. The molecule has 0 heterocycles. The third-order valence-electron chi connectivity index (χ3n) is 2.48. The number of rotatable bonds is 5. The van der Waals surface area contributed by atoms with Crippen LogP contribution in [0.1, 0.15) is 5.56 Å². The van der Waals surface area contributed by atoms with Crippen molar-refractivity contribution >= 4 is 17.7 Å². The zero-order chi connectivity index (χ0) is 15.3. The molecule has 0 atom stereocenters. The van der Waals surface area contributed by atoms with Crippen LogP contribution < -0.4 is 5.32 Å². The number of aryl methyl sites for hydroxylation is 1. The van der Waals surface area contributed by atoms with Gasteiger partial charge in [-0.3, -0.25) is 4.79 Å². The Balaban J connectivity index is 2.96. The summed E-state index contributed by atoms with van der Waals surface area (Å²) in [5, 5.41) is 10.7. The molecule has 0 aromatic heterocycles. The van der Waals surface area contributed by atoms with E-state index < -0.39 is 35.9 Å². The maximum atomic E-state index is 13.7. The summed E-state index contributed by atoms with van der Waals surface area (Å²) >= 11 is 0. The molecule has 0 saturated heterocycles. The number of urea groups is 1. The summed E-state index contributed by atoms with van der Waals surface area (Å²) in [4.78, 5) is 23.3. The van der Waals surface area contributed by atoms with E-state index in [0.717, 1.165) is 11.0 Å². The van der Waals surface area contributed by atoms with Crippen LogP contribution in [0.25, 0.3) is 0 Å². The number of benzene rings is 1. The maximum absolute atomic E-state index is 13.7. The predicted molar refractivity (Wildman–Crippen MR) is 69.5 cm³/mol. The van der Waals surface area contributed by atoms with E-state index in [9.17, 15) is 18.4 Å². The zero-order valence-corrected chi connectivity index (χ0v) is 10.8. The first-order valence-corrected chi connectivity index (χ1v) is 5.70. The smallest absolute Gasteiger partial charge is 0.323 e. The van der Waals surface area contributed by atoms with E-state index in [0.29, 0.717) is 0 Å². The van der Waals surface area contributed by atoms with Gasteiger partial charge in [0.2, 0.25) is 0 Å². The van der Waals surface area contributed by atoms with Crippen molar-refractivity contribution in [3.05, 3.63) is 42.0 Å². The van der Waals surface area contributed by atoms with Crippen molar-refractivity contribution in [3.63, 3.8) is 0 Å². The topological polar surface area (TPSA) is 69.6 Å². The Morgan fingerprint density at radius 2 is 2.10 bits per heavy atom. The summed E-state index contributed by atoms with van der Waals surface area (Å²) in [7, 11) is 0. The van der Waals surface area contributed by atoms with Crippen molar-refractivity contribution in [2.24, 2.45) is 0 Å². The number of halogens is 2. The number of carboxylic acids is 1. The van der Waals surface area contributed by atoms with Crippen LogP contribution in [0.15, 0.2) is 24.8 Å². The minimum atomic E-state index is -1.24. The van der Waals surface area contributed by atoms with Crippen LogP contribution in [0.4, 0.5) is 19.3 Å². The van der Waals surface area contributed by atoms with Gasteiger partial charge in [-0.1, -0.05) is 12.1 Å². The van der Waals surface area contributed by atoms with Crippen LogP contribution >= 0.6 is 0 Å². The molecule has 1 aromatic rings. The Labute approximate surface area is 114 Å². The molecule has 0 bridgehead atoms. The van der Waals surface area contributed by atoms with Crippen LogP contribution in [0.5, 0.6) is 0 Å². The molecule has 108 valence electrons. The minimum Gasteiger partial charge on any atom is -0.480 e. The lowest BCUT2D eigenvalue weighted by molar-refractivity contribution is -0.137. The van der Waals surface area contributed by atoms with E-state index in [4.69, 9.17) is 5.11 Å². The van der Waals surface area contributed by atoms with Crippen molar-refractivity contribution in [1.82, 2.24) is 4.90 Å². The van der Waals surface area contributed by atoms with Gasteiger partial charge >= 0.3 is 12.0 Å². The lowest BCUT2D eigenvalue weighted by atomic mass is 10.2. The molecule has 7 heteroatoms. The van der Waals surface area contributed by atoms with Crippen LogP contribution in [0.2, 0.25) is 0 Å². The van der Waals surface area contributed by atoms with Gasteiger partial charge in [0.05, 0.1) is 0 Å². The molecule has 1 rings (SSSR count). The molecule has 5 nitrogen and oxygen atoms in total. The highest BCUT2D eigenvalue weighted by Crippen LogP contribution is 2.21. The average Bonchev–Trinajstić information content (AvgIpc) is 2.38. The molecule has 2 N–H and O–H groups in total. The summed E-state index contributed by atoms with van der Waals surface area (Å²) in [5.41, 5.74) is -0.440. The summed E-state index contributed by atoms with van der Waals surface area (Å²) in [6, 6.07) is 1.33. The van der Waals surface area contributed by atoms with Crippen molar-refractivity contribution < 1.29 is 23.5 Å². The molecule has 0 fully saturated rings. The number of nitrogens with zero attached hydrogens (tertiary/aromatic N) is 1. The van der Waals surface area contributed by atoms with Gasteiger partial charge in [0, 0.05) is 6.54 Å². The van der Waals surface area contributed by atoms with E-state index in [1.165, 1.54) is 19.1 Å². The average molecular weight is 284 g/mol. The third-order valence-corrected chi connectivity index (χ3v) is 2.48. The second-order valence-corrected chi connectivity index (χ2v) is 4.05. The molecule has 1 aromatic carbocycles. The van der Waals surface area contributed by atoms with Gasteiger partial charge in [-0.25, -0.2) is 13.6 Å². The first kappa shape index (κ1) is 15.6. The minimum absolute atomic E-state index is 0.0623. The van der Waals surface area contributed by atoms with Crippen molar-refractivity contribution in [1.29, 1.82) is 0 Å².